The maximum atomic E-state index is 5.99. The van der Waals surface area contributed by atoms with Gasteiger partial charge in [0, 0.05) is 21.6 Å². The lowest BCUT2D eigenvalue weighted by Gasteiger charge is -2.17. The summed E-state index contributed by atoms with van der Waals surface area (Å²) in [7, 11) is 0. The number of aryl methyl sites for hydroxylation is 1. The number of hydrogen-bond donors (Lipinski definition) is 1. The van der Waals surface area contributed by atoms with E-state index in [0.29, 0.717) is 0 Å². The Kier molecular flexibility index (Phi) is 2.03. The van der Waals surface area contributed by atoms with Crippen molar-refractivity contribution >= 4 is 22.5 Å². The molecular weight excluding hydrogens is 206 g/mol. The van der Waals surface area contributed by atoms with Gasteiger partial charge in [-0.25, -0.2) is 0 Å². The minimum Gasteiger partial charge on any atom is -0.358 e. The lowest BCUT2D eigenvalue weighted by Crippen LogP contribution is -2.09. The highest BCUT2D eigenvalue weighted by Crippen LogP contribution is 2.32. The number of halogens is 1. The molecule has 0 spiro atoms. The van der Waals surface area contributed by atoms with Crippen LogP contribution in [0.15, 0.2) is 18.2 Å². The fourth-order valence-corrected chi connectivity index (χ4v) is 2.76. The van der Waals surface area contributed by atoms with Crippen LogP contribution in [0.4, 0.5) is 0 Å². The zero-order chi connectivity index (χ0) is 10.4. The number of rotatable bonds is 0. The summed E-state index contributed by atoms with van der Waals surface area (Å²) in [6.07, 6.45) is 3.70. The molecule has 2 heteroatoms. The van der Waals surface area contributed by atoms with Crippen LogP contribution in [-0.4, -0.2) is 4.98 Å². The highest BCUT2D eigenvalue weighted by Gasteiger charge is 2.19. The van der Waals surface area contributed by atoms with Gasteiger partial charge in [-0.15, -0.1) is 0 Å². The first-order valence-electron chi connectivity index (χ1n) is 5.53. The predicted octanol–water partition coefficient (Wildman–Crippen LogP) is 3.95. The van der Waals surface area contributed by atoms with Crippen molar-refractivity contribution in [3.63, 3.8) is 0 Å². The summed E-state index contributed by atoms with van der Waals surface area (Å²) >= 11 is 5.99. The summed E-state index contributed by atoms with van der Waals surface area (Å²) in [5.41, 5.74) is 4.13. The van der Waals surface area contributed by atoms with Gasteiger partial charge >= 0.3 is 0 Å². The first kappa shape index (κ1) is 9.29. The molecule has 1 unspecified atom stereocenters. The van der Waals surface area contributed by atoms with E-state index in [0.717, 1.165) is 10.9 Å². The standard InChI is InChI=1S/C13H14ClN/c1-8-2-4-10-11-5-3-9(14)7-13(11)15-12(10)6-8/h3,5,7-8,15H,2,4,6H2,1H3. The van der Waals surface area contributed by atoms with Crippen molar-refractivity contribution in [3.05, 3.63) is 34.5 Å². The maximum Gasteiger partial charge on any atom is 0.0473 e. The van der Waals surface area contributed by atoms with E-state index in [2.05, 4.69) is 18.0 Å². The summed E-state index contributed by atoms with van der Waals surface area (Å²) in [4.78, 5) is 3.50. The Morgan fingerprint density at radius 3 is 3.13 bits per heavy atom. The average molecular weight is 220 g/mol. The third-order valence-electron chi connectivity index (χ3n) is 3.40. The summed E-state index contributed by atoms with van der Waals surface area (Å²) in [5.74, 6) is 0.807. The van der Waals surface area contributed by atoms with Crippen LogP contribution < -0.4 is 0 Å². The summed E-state index contributed by atoms with van der Waals surface area (Å²) < 4.78 is 0. The van der Waals surface area contributed by atoms with E-state index in [-0.39, 0.29) is 0 Å². The Hall–Kier alpha value is -0.950. The Morgan fingerprint density at radius 2 is 2.27 bits per heavy atom. The second kappa shape index (κ2) is 3.28. The largest absolute Gasteiger partial charge is 0.358 e. The molecule has 1 aliphatic rings. The number of aromatic nitrogens is 1. The molecule has 1 atom stereocenters. The van der Waals surface area contributed by atoms with E-state index in [9.17, 15) is 0 Å². The van der Waals surface area contributed by atoms with E-state index in [4.69, 9.17) is 11.6 Å². The monoisotopic (exact) mass is 219 g/mol. The number of hydrogen-bond acceptors (Lipinski definition) is 0. The molecule has 0 amide bonds. The van der Waals surface area contributed by atoms with Gasteiger partial charge in [-0.2, -0.15) is 0 Å². The van der Waals surface area contributed by atoms with Crippen molar-refractivity contribution < 1.29 is 0 Å². The van der Waals surface area contributed by atoms with Gasteiger partial charge in [-0.3, -0.25) is 0 Å². The quantitative estimate of drug-likeness (QED) is 0.691. The fraction of sp³-hybridized carbons (Fsp3) is 0.385. The zero-order valence-electron chi connectivity index (χ0n) is 8.81. The first-order valence-corrected chi connectivity index (χ1v) is 5.91. The molecule has 0 fully saturated rings. The molecule has 0 saturated carbocycles. The molecule has 3 rings (SSSR count). The predicted molar refractivity (Wildman–Crippen MR) is 64.5 cm³/mol. The van der Waals surface area contributed by atoms with Crippen LogP contribution in [0.5, 0.6) is 0 Å². The molecule has 78 valence electrons. The van der Waals surface area contributed by atoms with Crippen LogP contribution in [0.2, 0.25) is 5.02 Å². The lowest BCUT2D eigenvalue weighted by molar-refractivity contribution is 0.497. The normalized spacial score (nSPS) is 20.5. The third-order valence-corrected chi connectivity index (χ3v) is 3.63. The van der Waals surface area contributed by atoms with Crippen LogP contribution in [-0.2, 0) is 12.8 Å². The van der Waals surface area contributed by atoms with Crippen LogP contribution in [0.3, 0.4) is 0 Å². The van der Waals surface area contributed by atoms with E-state index >= 15 is 0 Å². The number of nitrogens with one attached hydrogen (secondary N) is 1. The molecule has 0 bridgehead atoms. The first-order chi connectivity index (χ1) is 7.24. The van der Waals surface area contributed by atoms with Crippen molar-refractivity contribution in [2.24, 2.45) is 5.92 Å². The van der Waals surface area contributed by atoms with E-state index < -0.39 is 0 Å². The number of H-pyrrole nitrogens is 1. The van der Waals surface area contributed by atoms with Gasteiger partial charge in [-0.1, -0.05) is 24.6 Å². The van der Waals surface area contributed by atoms with Crippen LogP contribution in [0.1, 0.15) is 24.6 Å². The molecule has 1 aromatic carbocycles. The van der Waals surface area contributed by atoms with Crippen LogP contribution in [0.25, 0.3) is 10.9 Å². The Labute approximate surface area is 94.4 Å². The second-order valence-corrected chi connectivity index (χ2v) is 5.06. The van der Waals surface area contributed by atoms with Crippen molar-refractivity contribution in [3.8, 4) is 0 Å². The van der Waals surface area contributed by atoms with Gasteiger partial charge in [0.1, 0.15) is 0 Å². The molecule has 0 saturated heterocycles. The molecule has 1 aliphatic carbocycles. The number of aromatic amines is 1. The summed E-state index contributed by atoms with van der Waals surface area (Å²) in [6.45, 7) is 2.32. The van der Waals surface area contributed by atoms with Gasteiger partial charge in [0.15, 0.2) is 0 Å². The smallest absolute Gasteiger partial charge is 0.0473 e. The van der Waals surface area contributed by atoms with E-state index in [1.165, 1.54) is 41.4 Å². The molecule has 0 radical (unpaired) electrons. The molecule has 15 heavy (non-hydrogen) atoms. The molecule has 1 N–H and O–H groups in total. The molecule has 2 aromatic rings. The van der Waals surface area contributed by atoms with Gasteiger partial charge in [0.2, 0.25) is 0 Å². The van der Waals surface area contributed by atoms with Gasteiger partial charge in [-0.05, 0) is 42.9 Å². The third kappa shape index (κ3) is 1.46. The molecule has 1 nitrogen and oxygen atoms in total. The van der Waals surface area contributed by atoms with Crippen molar-refractivity contribution in [1.29, 1.82) is 0 Å². The number of fused-ring (bicyclic) bond motifs is 3. The number of benzene rings is 1. The average Bonchev–Trinajstić information content (AvgIpc) is 2.53. The van der Waals surface area contributed by atoms with E-state index in [1.54, 1.807) is 0 Å². The Morgan fingerprint density at radius 1 is 1.40 bits per heavy atom. The highest BCUT2D eigenvalue weighted by molar-refractivity contribution is 6.31. The lowest BCUT2D eigenvalue weighted by atomic mass is 9.88. The summed E-state index contributed by atoms with van der Waals surface area (Å²) in [6, 6.07) is 6.15. The van der Waals surface area contributed by atoms with Crippen LogP contribution >= 0.6 is 11.6 Å². The van der Waals surface area contributed by atoms with Crippen molar-refractivity contribution in [2.45, 2.75) is 26.2 Å². The fourth-order valence-electron chi connectivity index (χ4n) is 2.58. The van der Waals surface area contributed by atoms with Gasteiger partial charge in [0.25, 0.3) is 0 Å². The Bertz CT molecular complexity index is 512. The van der Waals surface area contributed by atoms with Crippen LogP contribution in [0, 0.1) is 5.92 Å². The van der Waals surface area contributed by atoms with Gasteiger partial charge in [0.05, 0.1) is 0 Å². The molecular formula is C13H14ClN. The maximum absolute atomic E-state index is 5.99. The highest BCUT2D eigenvalue weighted by atomic mass is 35.5. The van der Waals surface area contributed by atoms with E-state index in [1.807, 2.05) is 12.1 Å². The van der Waals surface area contributed by atoms with Crippen molar-refractivity contribution in [1.82, 2.24) is 4.98 Å². The summed E-state index contributed by atoms with van der Waals surface area (Å²) in [5, 5.41) is 2.18. The van der Waals surface area contributed by atoms with Crippen molar-refractivity contribution in [2.75, 3.05) is 0 Å². The topological polar surface area (TPSA) is 15.8 Å². The minimum absolute atomic E-state index is 0.807. The Balaban J connectivity index is 2.23. The SMILES string of the molecule is CC1CCc2c([nH]c3cc(Cl)ccc23)C1. The second-order valence-electron chi connectivity index (χ2n) is 4.62. The van der Waals surface area contributed by atoms with Gasteiger partial charge < -0.3 is 4.98 Å². The molecule has 0 aliphatic heterocycles. The zero-order valence-corrected chi connectivity index (χ0v) is 9.56. The molecule has 1 aromatic heterocycles. The molecule has 1 heterocycles. The minimum atomic E-state index is 0.807.